The van der Waals surface area contributed by atoms with Crippen LogP contribution in [-0.2, 0) is 17.1 Å². The Hall–Kier alpha value is -2.91. The van der Waals surface area contributed by atoms with Crippen LogP contribution in [0, 0.1) is 0 Å². The van der Waals surface area contributed by atoms with Crippen LogP contribution in [0.3, 0.4) is 0 Å². The number of hydrogen-bond donors (Lipinski definition) is 0. The number of methoxy groups -OCH3 is 1. The molecule has 0 spiro atoms. The normalized spacial score (nSPS) is 17.7. The van der Waals surface area contributed by atoms with Crippen molar-refractivity contribution in [2.75, 3.05) is 20.2 Å². The third kappa shape index (κ3) is 3.66. The second-order valence-corrected chi connectivity index (χ2v) is 9.25. The van der Waals surface area contributed by atoms with E-state index in [9.17, 15) is 13.2 Å². The largest absolute Gasteiger partial charge is 0.497 e. The highest BCUT2D eigenvalue weighted by Crippen LogP contribution is 2.30. The fraction of sp³-hybridized carbons (Fsp3) is 0.333. The average Bonchev–Trinajstić information content (AvgIpc) is 3.09. The lowest BCUT2D eigenvalue weighted by molar-refractivity contribution is 0.306. The molecule has 0 N–H and O–H groups in total. The van der Waals surface area contributed by atoms with Gasteiger partial charge in [0.2, 0.25) is 10.0 Å². The Morgan fingerprint density at radius 2 is 1.87 bits per heavy atom. The van der Waals surface area contributed by atoms with Crippen molar-refractivity contribution in [3.8, 4) is 11.4 Å². The number of hydrogen-bond acceptors (Lipinski definition) is 5. The van der Waals surface area contributed by atoms with Crippen LogP contribution in [0.4, 0.5) is 0 Å². The molecule has 0 aliphatic carbocycles. The Morgan fingerprint density at radius 1 is 1.10 bits per heavy atom. The van der Waals surface area contributed by atoms with Crippen molar-refractivity contribution in [2.45, 2.75) is 23.7 Å². The minimum atomic E-state index is -3.68. The molecule has 8 nitrogen and oxygen atoms in total. The molecule has 2 aromatic carbocycles. The lowest BCUT2D eigenvalue weighted by Crippen LogP contribution is -2.40. The molecule has 9 heteroatoms. The first kappa shape index (κ1) is 20.4. The van der Waals surface area contributed by atoms with Gasteiger partial charge in [-0.05, 0) is 37.1 Å². The summed E-state index contributed by atoms with van der Waals surface area (Å²) in [6, 6.07) is 15.8. The molecule has 0 radical (unpaired) electrons. The van der Waals surface area contributed by atoms with E-state index in [1.165, 1.54) is 22.2 Å². The van der Waals surface area contributed by atoms with Crippen LogP contribution < -0.4 is 10.4 Å². The maximum absolute atomic E-state index is 13.2. The Kier molecular flexibility index (Phi) is 5.48. The van der Waals surface area contributed by atoms with Gasteiger partial charge in [0.25, 0.3) is 0 Å². The Labute approximate surface area is 175 Å². The Morgan fingerprint density at radius 3 is 2.60 bits per heavy atom. The standard InChI is InChI=1S/C21H24N4O4S/c1-23-21(26)25(17-9-4-3-5-10-17)20(22-23)16-8-7-13-24(15-16)30(27,28)19-12-6-11-18(14-19)29-2/h3-6,9-12,14,16H,7-8,13,15H2,1-2H3. The van der Waals surface area contributed by atoms with E-state index in [4.69, 9.17) is 4.74 Å². The van der Waals surface area contributed by atoms with E-state index in [1.54, 1.807) is 29.8 Å². The lowest BCUT2D eigenvalue weighted by atomic mass is 9.98. The van der Waals surface area contributed by atoms with E-state index in [-0.39, 0.29) is 23.0 Å². The van der Waals surface area contributed by atoms with Gasteiger partial charge in [-0.1, -0.05) is 24.3 Å². The third-order valence-corrected chi connectivity index (χ3v) is 7.25. The van der Waals surface area contributed by atoms with Gasteiger partial charge >= 0.3 is 5.69 Å². The number of aryl methyl sites for hydroxylation is 1. The van der Waals surface area contributed by atoms with E-state index in [0.29, 0.717) is 24.5 Å². The van der Waals surface area contributed by atoms with Crippen LogP contribution in [0.25, 0.3) is 5.69 Å². The summed E-state index contributed by atoms with van der Waals surface area (Å²) in [4.78, 5) is 12.9. The summed E-state index contributed by atoms with van der Waals surface area (Å²) in [7, 11) is -0.568. The van der Waals surface area contributed by atoms with Crippen LogP contribution in [0.5, 0.6) is 5.75 Å². The number of nitrogens with zero attached hydrogens (tertiary/aromatic N) is 4. The number of sulfonamides is 1. The first-order valence-corrected chi connectivity index (χ1v) is 11.2. The molecule has 4 rings (SSSR count). The number of ether oxygens (including phenoxy) is 1. The van der Waals surface area contributed by atoms with Crippen molar-refractivity contribution in [2.24, 2.45) is 7.05 Å². The molecule has 0 amide bonds. The predicted octanol–water partition coefficient (Wildman–Crippen LogP) is 2.15. The van der Waals surface area contributed by atoms with Gasteiger partial charge in [-0.25, -0.2) is 22.5 Å². The summed E-state index contributed by atoms with van der Waals surface area (Å²) in [6.07, 6.45) is 1.45. The van der Waals surface area contributed by atoms with E-state index >= 15 is 0 Å². The molecule has 1 aliphatic rings. The van der Waals surface area contributed by atoms with Gasteiger partial charge in [0.05, 0.1) is 17.7 Å². The summed E-state index contributed by atoms with van der Waals surface area (Å²) in [5, 5.41) is 4.45. The fourth-order valence-electron chi connectivity index (χ4n) is 3.85. The van der Waals surface area contributed by atoms with Crippen molar-refractivity contribution in [1.82, 2.24) is 18.7 Å². The van der Waals surface area contributed by atoms with Crippen LogP contribution in [0.1, 0.15) is 24.6 Å². The smallest absolute Gasteiger partial charge is 0.350 e. The summed E-state index contributed by atoms with van der Waals surface area (Å²) < 4.78 is 36.0. The van der Waals surface area contributed by atoms with Gasteiger partial charge in [0, 0.05) is 32.1 Å². The zero-order valence-corrected chi connectivity index (χ0v) is 17.7. The number of aromatic nitrogens is 3. The molecular weight excluding hydrogens is 404 g/mol. The zero-order chi connectivity index (χ0) is 21.3. The molecule has 0 bridgehead atoms. The highest BCUT2D eigenvalue weighted by Gasteiger charge is 2.34. The molecule has 30 heavy (non-hydrogen) atoms. The van der Waals surface area contributed by atoms with Gasteiger partial charge in [-0.15, -0.1) is 0 Å². The molecule has 1 unspecified atom stereocenters. The predicted molar refractivity (Wildman–Crippen MR) is 113 cm³/mol. The molecule has 1 aliphatic heterocycles. The average molecular weight is 429 g/mol. The molecular formula is C21H24N4O4S. The number of rotatable bonds is 5. The number of para-hydroxylation sites is 1. The Bertz CT molecular complexity index is 1200. The molecule has 1 aromatic heterocycles. The molecule has 1 fully saturated rings. The quantitative estimate of drug-likeness (QED) is 0.622. The zero-order valence-electron chi connectivity index (χ0n) is 16.9. The number of benzene rings is 2. The van der Waals surface area contributed by atoms with Gasteiger partial charge in [-0.2, -0.15) is 9.40 Å². The van der Waals surface area contributed by atoms with Gasteiger partial charge < -0.3 is 4.74 Å². The van der Waals surface area contributed by atoms with Crippen LogP contribution in [0.15, 0.2) is 64.3 Å². The van der Waals surface area contributed by atoms with E-state index in [0.717, 1.165) is 12.1 Å². The lowest BCUT2D eigenvalue weighted by Gasteiger charge is -2.31. The molecule has 0 saturated carbocycles. The number of piperidine rings is 1. The van der Waals surface area contributed by atoms with E-state index < -0.39 is 10.0 Å². The molecule has 3 aromatic rings. The molecule has 1 atom stereocenters. The first-order valence-electron chi connectivity index (χ1n) is 9.77. The van der Waals surface area contributed by atoms with Crippen LogP contribution in [-0.4, -0.2) is 47.3 Å². The van der Waals surface area contributed by atoms with Gasteiger partial charge in [0.1, 0.15) is 11.6 Å². The summed E-state index contributed by atoms with van der Waals surface area (Å²) in [5.41, 5.74) is 0.474. The van der Waals surface area contributed by atoms with Crippen molar-refractivity contribution in [1.29, 1.82) is 0 Å². The van der Waals surface area contributed by atoms with Gasteiger partial charge in [0.15, 0.2) is 0 Å². The molecule has 1 saturated heterocycles. The third-order valence-electron chi connectivity index (χ3n) is 5.39. The summed E-state index contributed by atoms with van der Waals surface area (Å²) in [5.74, 6) is 0.889. The maximum Gasteiger partial charge on any atom is 0.350 e. The highest BCUT2D eigenvalue weighted by atomic mass is 32.2. The van der Waals surface area contributed by atoms with Crippen molar-refractivity contribution in [3.05, 3.63) is 70.9 Å². The SMILES string of the molecule is COc1cccc(S(=O)(=O)N2CCCC(c3nn(C)c(=O)n3-c3ccccc3)C2)c1. The summed E-state index contributed by atoms with van der Waals surface area (Å²) >= 11 is 0. The minimum absolute atomic E-state index is 0.187. The van der Waals surface area contributed by atoms with Crippen molar-refractivity contribution < 1.29 is 13.2 Å². The minimum Gasteiger partial charge on any atom is -0.497 e. The van der Waals surface area contributed by atoms with Crippen molar-refractivity contribution >= 4 is 10.0 Å². The second-order valence-electron chi connectivity index (χ2n) is 7.32. The van der Waals surface area contributed by atoms with Crippen LogP contribution >= 0.6 is 0 Å². The van der Waals surface area contributed by atoms with Crippen molar-refractivity contribution in [3.63, 3.8) is 0 Å². The Balaban J connectivity index is 1.69. The van der Waals surface area contributed by atoms with Gasteiger partial charge in [-0.3, -0.25) is 0 Å². The summed E-state index contributed by atoms with van der Waals surface area (Å²) in [6.45, 7) is 0.696. The fourth-order valence-corrected chi connectivity index (χ4v) is 5.41. The molecule has 2 heterocycles. The topological polar surface area (TPSA) is 86.4 Å². The molecule has 158 valence electrons. The van der Waals surface area contributed by atoms with Crippen LogP contribution in [0.2, 0.25) is 0 Å². The first-order chi connectivity index (χ1) is 14.4. The monoisotopic (exact) mass is 428 g/mol. The highest BCUT2D eigenvalue weighted by molar-refractivity contribution is 7.89. The second kappa shape index (κ2) is 8.08. The maximum atomic E-state index is 13.2. The van der Waals surface area contributed by atoms with E-state index in [1.807, 2.05) is 30.3 Å². The van der Waals surface area contributed by atoms with E-state index in [2.05, 4.69) is 5.10 Å².